The van der Waals surface area contributed by atoms with Gasteiger partial charge in [0.15, 0.2) is 0 Å². The van der Waals surface area contributed by atoms with Crippen LogP contribution >= 0.6 is 15.9 Å². The molecule has 0 aliphatic rings. The van der Waals surface area contributed by atoms with E-state index in [1.165, 1.54) is 68.9 Å². The van der Waals surface area contributed by atoms with Crippen molar-refractivity contribution < 1.29 is 21.5 Å². The van der Waals surface area contributed by atoms with Crippen LogP contribution in [0.2, 0.25) is 0 Å². The minimum Gasteiger partial charge on any atom is -1.00 e. The molecule has 0 radical (unpaired) electrons. The Morgan fingerprint density at radius 2 is 1.24 bits per heavy atom. The van der Waals surface area contributed by atoms with Crippen molar-refractivity contribution in [2.75, 3.05) is 32.5 Å². The summed E-state index contributed by atoms with van der Waals surface area (Å²) in [6, 6.07) is 0. The molecule has 0 aromatic rings. The SMILES string of the molecule is CCCCCCCC[N+](C)(C)CCCCBr.[Br-]. The number of nitrogens with zero attached hydrogens (tertiary/aromatic N) is 1. The van der Waals surface area contributed by atoms with E-state index < -0.39 is 0 Å². The first-order chi connectivity index (χ1) is 7.62. The number of hydrogen-bond acceptors (Lipinski definition) is 0. The Morgan fingerprint density at radius 1 is 0.765 bits per heavy atom. The van der Waals surface area contributed by atoms with Gasteiger partial charge in [-0.25, -0.2) is 0 Å². The molecule has 0 bridgehead atoms. The third kappa shape index (κ3) is 14.9. The molecule has 0 unspecified atom stereocenters. The number of alkyl halides is 1. The molecule has 0 saturated heterocycles. The van der Waals surface area contributed by atoms with Crippen LogP contribution in [-0.4, -0.2) is 37.0 Å². The third-order valence-electron chi connectivity index (χ3n) is 3.26. The molecule has 0 amide bonds. The molecular weight excluding hydrogens is 342 g/mol. The fourth-order valence-electron chi connectivity index (χ4n) is 2.07. The second-order valence-electron chi connectivity index (χ2n) is 5.55. The smallest absolute Gasteiger partial charge is 0.0782 e. The molecule has 0 aromatic heterocycles. The number of unbranched alkanes of at least 4 members (excludes halogenated alkanes) is 6. The van der Waals surface area contributed by atoms with Crippen LogP contribution in [0.1, 0.15) is 58.3 Å². The van der Waals surface area contributed by atoms with E-state index in [1.807, 2.05) is 0 Å². The average Bonchev–Trinajstić information content (AvgIpc) is 2.23. The number of hydrogen-bond donors (Lipinski definition) is 0. The predicted octanol–water partition coefficient (Wildman–Crippen LogP) is 1.60. The highest BCUT2D eigenvalue weighted by atomic mass is 79.9. The lowest BCUT2D eigenvalue weighted by molar-refractivity contribution is -0.890. The molecule has 0 rings (SSSR count). The quantitative estimate of drug-likeness (QED) is 0.293. The summed E-state index contributed by atoms with van der Waals surface area (Å²) in [5.41, 5.74) is 0. The average molecular weight is 373 g/mol. The number of quaternary nitrogens is 1. The van der Waals surface area contributed by atoms with Gasteiger partial charge in [0, 0.05) is 5.33 Å². The maximum absolute atomic E-state index is 3.50. The zero-order valence-electron chi connectivity index (χ0n) is 12.0. The molecule has 17 heavy (non-hydrogen) atoms. The largest absolute Gasteiger partial charge is 1.00 e. The summed E-state index contributed by atoms with van der Waals surface area (Å²) >= 11 is 3.50. The predicted molar refractivity (Wildman–Crippen MR) is 78.2 cm³/mol. The highest BCUT2D eigenvalue weighted by Gasteiger charge is 2.13. The van der Waals surface area contributed by atoms with E-state index in [4.69, 9.17) is 0 Å². The fourth-order valence-corrected chi connectivity index (χ4v) is 2.46. The van der Waals surface area contributed by atoms with Gasteiger partial charge in [0.25, 0.3) is 0 Å². The third-order valence-corrected chi connectivity index (χ3v) is 3.82. The van der Waals surface area contributed by atoms with Crippen molar-refractivity contribution in [1.82, 2.24) is 0 Å². The van der Waals surface area contributed by atoms with Crippen molar-refractivity contribution in [2.45, 2.75) is 58.3 Å². The Kier molecular flexibility index (Phi) is 15.9. The number of rotatable bonds is 11. The van der Waals surface area contributed by atoms with Crippen LogP contribution in [0.25, 0.3) is 0 Å². The highest BCUT2D eigenvalue weighted by molar-refractivity contribution is 9.09. The van der Waals surface area contributed by atoms with Gasteiger partial charge in [0.1, 0.15) is 0 Å². The zero-order valence-corrected chi connectivity index (χ0v) is 15.2. The van der Waals surface area contributed by atoms with Crippen LogP contribution in [0.4, 0.5) is 0 Å². The Hall–Kier alpha value is 0.920. The molecule has 0 fully saturated rings. The van der Waals surface area contributed by atoms with Crippen molar-refractivity contribution in [3.63, 3.8) is 0 Å². The molecule has 0 aliphatic carbocycles. The molecule has 0 aromatic carbocycles. The molecule has 0 atom stereocenters. The van der Waals surface area contributed by atoms with E-state index in [2.05, 4.69) is 36.9 Å². The molecule has 1 nitrogen and oxygen atoms in total. The summed E-state index contributed by atoms with van der Waals surface area (Å²) in [6.45, 7) is 4.97. The van der Waals surface area contributed by atoms with E-state index in [9.17, 15) is 0 Å². The molecular formula is C14H31Br2N. The zero-order chi connectivity index (χ0) is 12.3. The van der Waals surface area contributed by atoms with Gasteiger partial charge in [-0.15, -0.1) is 0 Å². The summed E-state index contributed by atoms with van der Waals surface area (Å²) in [6.07, 6.45) is 11.2. The summed E-state index contributed by atoms with van der Waals surface area (Å²) in [4.78, 5) is 0. The van der Waals surface area contributed by atoms with Gasteiger partial charge in [0.2, 0.25) is 0 Å². The molecule has 3 heteroatoms. The van der Waals surface area contributed by atoms with Crippen LogP contribution < -0.4 is 17.0 Å². The Morgan fingerprint density at radius 3 is 1.76 bits per heavy atom. The highest BCUT2D eigenvalue weighted by Crippen LogP contribution is 2.09. The second kappa shape index (κ2) is 13.4. The van der Waals surface area contributed by atoms with Crippen molar-refractivity contribution in [3.8, 4) is 0 Å². The Labute approximate surface area is 128 Å². The lowest BCUT2D eigenvalue weighted by atomic mass is 10.1. The van der Waals surface area contributed by atoms with Crippen molar-refractivity contribution in [3.05, 3.63) is 0 Å². The van der Waals surface area contributed by atoms with E-state index in [1.54, 1.807) is 0 Å². The van der Waals surface area contributed by atoms with Crippen molar-refractivity contribution >= 4 is 15.9 Å². The van der Waals surface area contributed by atoms with Crippen LogP contribution in [0.3, 0.4) is 0 Å². The van der Waals surface area contributed by atoms with E-state index in [0.29, 0.717) is 0 Å². The molecule has 0 heterocycles. The van der Waals surface area contributed by atoms with Gasteiger partial charge >= 0.3 is 0 Å². The summed E-state index contributed by atoms with van der Waals surface area (Å²) < 4.78 is 1.21. The van der Waals surface area contributed by atoms with Crippen LogP contribution in [0.5, 0.6) is 0 Å². The summed E-state index contributed by atoms with van der Waals surface area (Å²) in [5.74, 6) is 0. The summed E-state index contributed by atoms with van der Waals surface area (Å²) in [5, 5.41) is 1.16. The standard InChI is InChI=1S/C14H31BrN.BrH/c1-4-5-6-7-8-10-13-16(2,3)14-11-9-12-15;/h4-14H2,1-3H3;1H/q+1;/p-1. The molecule has 0 spiro atoms. The maximum Gasteiger partial charge on any atom is 0.0782 e. The van der Waals surface area contributed by atoms with Crippen molar-refractivity contribution in [2.24, 2.45) is 0 Å². The Balaban J connectivity index is 0. The van der Waals surface area contributed by atoms with Crippen LogP contribution in [0, 0.1) is 0 Å². The topological polar surface area (TPSA) is 0 Å². The molecule has 0 saturated carbocycles. The number of halogens is 2. The van der Waals surface area contributed by atoms with E-state index in [0.717, 1.165) is 5.33 Å². The first kappa shape index (κ1) is 20.2. The van der Waals surface area contributed by atoms with Crippen molar-refractivity contribution in [1.29, 1.82) is 0 Å². The van der Waals surface area contributed by atoms with E-state index >= 15 is 0 Å². The van der Waals surface area contributed by atoms with Crippen LogP contribution in [-0.2, 0) is 0 Å². The minimum absolute atomic E-state index is 0. The summed E-state index contributed by atoms with van der Waals surface area (Å²) in [7, 11) is 4.75. The van der Waals surface area contributed by atoms with Gasteiger partial charge in [-0.1, -0.05) is 48.5 Å². The van der Waals surface area contributed by atoms with Gasteiger partial charge < -0.3 is 21.5 Å². The minimum atomic E-state index is 0. The van der Waals surface area contributed by atoms with Crippen LogP contribution in [0.15, 0.2) is 0 Å². The maximum atomic E-state index is 3.50. The fraction of sp³-hybridized carbons (Fsp3) is 1.00. The van der Waals surface area contributed by atoms with Gasteiger partial charge in [-0.05, 0) is 25.7 Å². The van der Waals surface area contributed by atoms with Gasteiger partial charge in [-0.3, -0.25) is 0 Å². The normalized spacial score (nSPS) is 11.3. The second-order valence-corrected chi connectivity index (χ2v) is 6.34. The van der Waals surface area contributed by atoms with Gasteiger partial charge in [-0.2, -0.15) is 0 Å². The molecule has 0 aliphatic heterocycles. The first-order valence-corrected chi connectivity index (χ1v) is 8.12. The first-order valence-electron chi connectivity index (χ1n) is 7.00. The van der Waals surface area contributed by atoms with E-state index in [-0.39, 0.29) is 17.0 Å². The molecule has 0 N–H and O–H groups in total. The van der Waals surface area contributed by atoms with Gasteiger partial charge in [0.05, 0.1) is 27.2 Å². The monoisotopic (exact) mass is 371 g/mol. The lowest BCUT2D eigenvalue weighted by Crippen LogP contribution is -3.00. The molecule has 106 valence electrons. The lowest BCUT2D eigenvalue weighted by Gasteiger charge is -2.29. The Bertz CT molecular complexity index is 149.